The van der Waals surface area contributed by atoms with Crippen molar-refractivity contribution in [1.82, 2.24) is 9.62 Å². The van der Waals surface area contributed by atoms with Crippen molar-refractivity contribution in [3.8, 4) is 0 Å². The number of benzene rings is 2. The zero-order valence-electron chi connectivity index (χ0n) is 15.6. The first-order chi connectivity index (χ1) is 13.0. The molecule has 0 amide bonds. The Balaban J connectivity index is 1.41. The van der Waals surface area contributed by atoms with Crippen LogP contribution in [0.3, 0.4) is 0 Å². The normalized spacial score (nSPS) is 15.9. The van der Waals surface area contributed by atoms with Crippen LogP contribution in [0, 0.1) is 12.7 Å². The molecule has 7 heteroatoms. The van der Waals surface area contributed by atoms with Crippen LogP contribution in [0.5, 0.6) is 0 Å². The fourth-order valence-corrected chi connectivity index (χ4v) is 4.46. The summed E-state index contributed by atoms with van der Waals surface area (Å²) in [6.45, 7) is 7.05. The molecule has 2 aromatic carbocycles. The number of rotatable bonds is 7. The first kappa shape index (κ1) is 19.8. The average Bonchev–Trinajstić information content (AvgIpc) is 2.66. The van der Waals surface area contributed by atoms with Gasteiger partial charge in [-0.1, -0.05) is 24.3 Å². The van der Waals surface area contributed by atoms with Gasteiger partial charge in [0.05, 0.1) is 0 Å². The molecule has 0 radical (unpaired) electrons. The highest BCUT2D eigenvalue weighted by molar-refractivity contribution is 7.89. The third-order valence-corrected chi connectivity index (χ3v) is 6.30. The highest BCUT2D eigenvalue weighted by atomic mass is 32.2. The van der Waals surface area contributed by atoms with Crippen molar-refractivity contribution < 1.29 is 12.8 Å². The maximum absolute atomic E-state index is 13.7. The van der Waals surface area contributed by atoms with E-state index in [4.69, 9.17) is 0 Å². The van der Waals surface area contributed by atoms with E-state index in [1.165, 1.54) is 29.4 Å². The van der Waals surface area contributed by atoms with Gasteiger partial charge in [-0.2, -0.15) is 0 Å². The first-order valence-electron chi connectivity index (χ1n) is 9.24. The highest BCUT2D eigenvalue weighted by Gasteiger charge is 2.19. The SMILES string of the molecule is Cc1cccc(N2CCN(CCCNS(=O)(=O)c3ccccc3F)CC2)c1. The zero-order valence-corrected chi connectivity index (χ0v) is 16.4. The van der Waals surface area contributed by atoms with Crippen LogP contribution in [0.15, 0.2) is 53.4 Å². The molecule has 0 aromatic heterocycles. The second kappa shape index (κ2) is 8.82. The molecule has 1 heterocycles. The molecule has 1 aliphatic rings. The Labute approximate surface area is 160 Å². The first-order valence-corrected chi connectivity index (χ1v) is 10.7. The predicted molar refractivity (Wildman–Crippen MR) is 106 cm³/mol. The fraction of sp³-hybridized carbons (Fsp3) is 0.400. The van der Waals surface area contributed by atoms with Crippen molar-refractivity contribution in [3.05, 3.63) is 59.9 Å². The summed E-state index contributed by atoms with van der Waals surface area (Å²) in [6.07, 6.45) is 0.693. The van der Waals surface area contributed by atoms with Gasteiger partial charge < -0.3 is 4.90 Å². The lowest BCUT2D eigenvalue weighted by Gasteiger charge is -2.36. The molecule has 1 N–H and O–H groups in total. The van der Waals surface area contributed by atoms with E-state index in [2.05, 4.69) is 45.7 Å². The molecule has 0 unspecified atom stereocenters. The van der Waals surface area contributed by atoms with E-state index in [9.17, 15) is 12.8 Å². The van der Waals surface area contributed by atoms with Gasteiger partial charge in [-0.15, -0.1) is 0 Å². The Morgan fingerprint density at radius 1 is 1.04 bits per heavy atom. The maximum Gasteiger partial charge on any atom is 0.243 e. The Hall–Kier alpha value is -1.96. The summed E-state index contributed by atoms with van der Waals surface area (Å²) >= 11 is 0. The van der Waals surface area contributed by atoms with Crippen LogP contribution in [0.25, 0.3) is 0 Å². The summed E-state index contributed by atoms with van der Waals surface area (Å²) in [5.74, 6) is -0.725. The number of aryl methyl sites for hydroxylation is 1. The van der Waals surface area contributed by atoms with Crippen LogP contribution in [0.2, 0.25) is 0 Å². The largest absolute Gasteiger partial charge is 0.369 e. The number of hydrogen-bond donors (Lipinski definition) is 1. The Kier molecular flexibility index (Phi) is 6.46. The number of nitrogens with one attached hydrogen (secondary N) is 1. The van der Waals surface area contributed by atoms with Gasteiger partial charge >= 0.3 is 0 Å². The second-order valence-corrected chi connectivity index (χ2v) is 8.58. The summed E-state index contributed by atoms with van der Waals surface area (Å²) in [5, 5.41) is 0. The van der Waals surface area contributed by atoms with Crippen LogP contribution in [0.4, 0.5) is 10.1 Å². The third kappa shape index (κ3) is 5.28. The number of piperazine rings is 1. The number of halogens is 1. The van der Waals surface area contributed by atoms with Gasteiger partial charge in [0.25, 0.3) is 0 Å². The molecular formula is C20H26FN3O2S. The van der Waals surface area contributed by atoms with Crippen LogP contribution in [-0.2, 0) is 10.0 Å². The molecule has 0 bridgehead atoms. The fourth-order valence-electron chi connectivity index (χ4n) is 3.30. The summed E-state index contributed by atoms with van der Waals surface area (Å²) in [6, 6.07) is 14.0. The molecular weight excluding hydrogens is 365 g/mol. The summed E-state index contributed by atoms with van der Waals surface area (Å²) in [7, 11) is -3.79. The van der Waals surface area contributed by atoms with E-state index in [-0.39, 0.29) is 4.90 Å². The molecule has 0 aliphatic carbocycles. The molecule has 0 spiro atoms. The molecule has 0 saturated carbocycles. The van der Waals surface area contributed by atoms with Crippen LogP contribution < -0.4 is 9.62 Å². The van der Waals surface area contributed by atoms with Crippen molar-refractivity contribution in [3.63, 3.8) is 0 Å². The van der Waals surface area contributed by atoms with E-state index in [1.807, 2.05) is 0 Å². The quantitative estimate of drug-likeness (QED) is 0.738. The van der Waals surface area contributed by atoms with E-state index in [1.54, 1.807) is 0 Å². The van der Waals surface area contributed by atoms with Gasteiger partial charge in [0.1, 0.15) is 10.7 Å². The number of sulfonamides is 1. The molecule has 3 rings (SSSR count). The van der Waals surface area contributed by atoms with Crippen LogP contribution in [-0.4, -0.2) is 52.6 Å². The van der Waals surface area contributed by atoms with Crippen molar-refractivity contribution in [1.29, 1.82) is 0 Å². The standard InChI is InChI=1S/C20H26FN3O2S/c1-17-6-4-7-18(16-17)24-14-12-23(13-15-24)11-5-10-22-27(25,26)20-9-3-2-8-19(20)21/h2-4,6-9,16,22H,5,10-15H2,1H3. The molecule has 0 atom stereocenters. The summed E-state index contributed by atoms with van der Waals surface area (Å²) < 4.78 is 40.5. The Morgan fingerprint density at radius 2 is 1.78 bits per heavy atom. The minimum atomic E-state index is -3.79. The van der Waals surface area contributed by atoms with Gasteiger partial charge in [0, 0.05) is 38.4 Å². The molecule has 27 heavy (non-hydrogen) atoms. The number of hydrogen-bond acceptors (Lipinski definition) is 4. The number of anilines is 1. The molecule has 1 aliphatic heterocycles. The maximum atomic E-state index is 13.7. The topological polar surface area (TPSA) is 52.6 Å². The molecule has 5 nitrogen and oxygen atoms in total. The molecule has 146 valence electrons. The smallest absolute Gasteiger partial charge is 0.243 e. The van der Waals surface area contributed by atoms with Crippen molar-refractivity contribution in [2.45, 2.75) is 18.2 Å². The van der Waals surface area contributed by atoms with Gasteiger partial charge in [-0.25, -0.2) is 17.5 Å². The molecule has 1 fully saturated rings. The summed E-state index contributed by atoms with van der Waals surface area (Å²) in [4.78, 5) is 4.42. The van der Waals surface area contributed by atoms with E-state index in [0.29, 0.717) is 13.0 Å². The zero-order chi connectivity index (χ0) is 19.3. The average molecular weight is 392 g/mol. The lowest BCUT2D eigenvalue weighted by molar-refractivity contribution is 0.255. The number of nitrogens with zero attached hydrogens (tertiary/aromatic N) is 2. The van der Waals surface area contributed by atoms with Gasteiger partial charge in [0.15, 0.2) is 0 Å². The predicted octanol–water partition coefficient (Wildman–Crippen LogP) is 2.62. The van der Waals surface area contributed by atoms with E-state index < -0.39 is 15.8 Å². The molecule has 1 saturated heterocycles. The van der Waals surface area contributed by atoms with E-state index >= 15 is 0 Å². The van der Waals surface area contributed by atoms with Crippen molar-refractivity contribution in [2.24, 2.45) is 0 Å². The van der Waals surface area contributed by atoms with E-state index in [0.717, 1.165) is 38.8 Å². The summed E-state index contributed by atoms with van der Waals surface area (Å²) in [5.41, 5.74) is 2.52. The minimum absolute atomic E-state index is 0.295. The Bertz CT molecular complexity index is 865. The van der Waals surface area contributed by atoms with Gasteiger partial charge in [0.2, 0.25) is 10.0 Å². The highest BCUT2D eigenvalue weighted by Crippen LogP contribution is 2.18. The monoisotopic (exact) mass is 391 g/mol. The Morgan fingerprint density at radius 3 is 2.48 bits per heavy atom. The van der Waals surface area contributed by atoms with Crippen molar-refractivity contribution in [2.75, 3.05) is 44.2 Å². The second-order valence-electron chi connectivity index (χ2n) is 6.85. The van der Waals surface area contributed by atoms with Crippen molar-refractivity contribution >= 4 is 15.7 Å². The van der Waals surface area contributed by atoms with Gasteiger partial charge in [-0.05, 0) is 49.7 Å². The lowest BCUT2D eigenvalue weighted by atomic mass is 10.2. The third-order valence-electron chi connectivity index (χ3n) is 4.81. The molecule has 2 aromatic rings. The van der Waals surface area contributed by atoms with Crippen LogP contribution >= 0.6 is 0 Å². The minimum Gasteiger partial charge on any atom is -0.369 e. The van der Waals surface area contributed by atoms with Gasteiger partial charge in [-0.3, -0.25) is 4.90 Å². The van der Waals surface area contributed by atoms with Crippen LogP contribution in [0.1, 0.15) is 12.0 Å². The lowest BCUT2D eigenvalue weighted by Crippen LogP contribution is -2.47.